The van der Waals surface area contributed by atoms with Crippen LogP contribution in [0.1, 0.15) is 18.4 Å². The van der Waals surface area contributed by atoms with E-state index in [1.807, 2.05) is 6.07 Å². The van der Waals surface area contributed by atoms with Crippen molar-refractivity contribution in [2.24, 2.45) is 0 Å². The lowest BCUT2D eigenvalue weighted by Crippen LogP contribution is -2.34. The summed E-state index contributed by atoms with van der Waals surface area (Å²) in [5, 5.41) is 2.78. The topological polar surface area (TPSA) is 38.3 Å². The predicted octanol–water partition coefficient (Wildman–Crippen LogP) is 1.62. The van der Waals surface area contributed by atoms with Crippen molar-refractivity contribution < 1.29 is 13.9 Å². The molecule has 1 saturated carbocycles. The molecule has 1 aromatic carbocycles. The number of rotatable bonds is 5. The van der Waals surface area contributed by atoms with Gasteiger partial charge in [0, 0.05) is 19.1 Å². The highest BCUT2D eigenvalue weighted by Gasteiger charge is 2.45. The number of carbonyl (C=O) groups is 1. The van der Waals surface area contributed by atoms with Gasteiger partial charge in [-0.1, -0.05) is 18.2 Å². The van der Waals surface area contributed by atoms with Crippen molar-refractivity contribution in [2.75, 3.05) is 20.3 Å². The van der Waals surface area contributed by atoms with Gasteiger partial charge in [-0.2, -0.15) is 0 Å². The standard InChI is InChI=1S/C13H16FNO2/c1-17-8-12(16)15-9-13(6-7-13)10-4-2-3-5-11(10)14/h2-5H,6-9H2,1H3,(H,15,16). The van der Waals surface area contributed by atoms with Crippen molar-refractivity contribution >= 4 is 5.91 Å². The van der Waals surface area contributed by atoms with E-state index in [0.29, 0.717) is 12.1 Å². The van der Waals surface area contributed by atoms with Crippen LogP contribution in [0, 0.1) is 5.82 Å². The van der Waals surface area contributed by atoms with E-state index in [0.717, 1.165) is 12.8 Å². The summed E-state index contributed by atoms with van der Waals surface area (Å²) in [6, 6.07) is 6.77. The maximum atomic E-state index is 13.7. The van der Waals surface area contributed by atoms with E-state index in [1.54, 1.807) is 12.1 Å². The Balaban J connectivity index is 2.01. The molecule has 0 aliphatic heterocycles. The van der Waals surface area contributed by atoms with E-state index < -0.39 is 0 Å². The highest BCUT2D eigenvalue weighted by molar-refractivity contribution is 5.77. The fourth-order valence-electron chi connectivity index (χ4n) is 2.03. The summed E-state index contributed by atoms with van der Waals surface area (Å²) in [5.74, 6) is -0.346. The van der Waals surface area contributed by atoms with Crippen molar-refractivity contribution in [3.63, 3.8) is 0 Å². The number of amides is 1. The first kappa shape index (κ1) is 12.0. The van der Waals surface area contributed by atoms with Crippen LogP contribution in [-0.4, -0.2) is 26.2 Å². The number of carbonyl (C=O) groups excluding carboxylic acids is 1. The molecular weight excluding hydrogens is 221 g/mol. The normalized spacial score (nSPS) is 16.6. The number of hydrogen-bond donors (Lipinski definition) is 1. The molecule has 2 rings (SSSR count). The van der Waals surface area contributed by atoms with Crippen LogP contribution in [0.3, 0.4) is 0 Å². The maximum absolute atomic E-state index is 13.7. The fourth-order valence-corrected chi connectivity index (χ4v) is 2.03. The molecular formula is C13H16FNO2. The van der Waals surface area contributed by atoms with Gasteiger partial charge in [-0.25, -0.2) is 4.39 Å². The molecule has 1 amide bonds. The zero-order chi connectivity index (χ0) is 12.3. The summed E-state index contributed by atoms with van der Waals surface area (Å²) in [6.07, 6.45) is 1.84. The van der Waals surface area contributed by atoms with Crippen LogP contribution in [0.2, 0.25) is 0 Å². The third-order valence-electron chi connectivity index (χ3n) is 3.20. The lowest BCUT2D eigenvalue weighted by molar-refractivity contribution is -0.124. The molecule has 0 saturated heterocycles. The lowest BCUT2D eigenvalue weighted by atomic mass is 9.95. The first-order valence-corrected chi connectivity index (χ1v) is 5.69. The van der Waals surface area contributed by atoms with E-state index in [9.17, 15) is 9.18 Å². The quantitative estimate of drug-likeness (QED) is 0.845. The van der Waals surface area contributed by atoms with Crippen molar-refractivity contribution in [3.8, 4) is 0 Å². The number of benzene rings is 1. The summed E-state index contributed by atoms with van der Waals surface area (Å²) in [7, 11) is 1.48. The van der Waals surface area contributed by atoms with E-state index in [4.69, 9.17) is 4.74 Å². The number of methoxy groups -OCH3 is 1. The lowest BCUT2D eigenvalue weighted by Gasteiger charge is -2.17. The van der Waals surface area contributed by atoms with Gasteiger partial charge < -0.3 is 10.1 Å². The number of hydrogen-bond acceptors (Lipinski definition) is 2. The van der Waals surface area contributed by atoms with Gasteiger partial charge in [-0.3, -0.25) is 4.79 Å². The fraction of sp³-hybridized carbons (Fsp3) is 0.462. The number of nitrogens with one attached hydrogen (secondary N) is 1. The van der Waals surface area contributed by atoms with Gasteiger partial charge in [-0.15, -0.1) is 0 Å². The van der Waals surface area contributed by atoms with Crippen LogP contribution >= 0.6 is 0 Å². The van der Waals surface area contributed by atoms with Crippen LogP contribution in [-0.2, 0) is 14.9 Å². The van der Waals surface area contributed by atoms with E-state index in [1.165, 1.54) is 13.2 Å². The zero-order valence-corrected chi connectivity index (χ0v) is 9.83. The molecule has 1 aliphatic rings. The Morgan fingerprint density at radius 1 is 1.47 bits per heavy atom. The molecule has 1 N–H and O–H groups in total. The minimum Gasteiger partial charge on any atom is -0.375 e. The molecule has 92 valence electrons. The van der Waals surface area contributed by atoms with Gasteiger partial charge in [0.05, 0.1) is 0 Å². The molecule has 1 aliphatic carbocycles. The molecule has 1 aromatic rings. The minimum absolute atomic E-state index is 0.0490. The summed E-state index contributed by atoms with van der Waals surface area (Å²) in [5.41, 5.74) is 0.507. The molecule has 17 heavy (non-hydrogen) atoms. The minimum atomic E-state index is -0.200. The molecule has 4 heteroatoms. The van der Waals surface area contributed by atoms with Crippen molar-refractivity contribution in [1.29, 1.82) is 0 Å². The Morgan fingerprint density at radius 3 is 2.76 bits per heavy atom. The molecule has 3 nitrogen and oxygen atoms in total. The van der Waals surface area contributed by atoms with Gasteiger partial charge in [-0.05, 0) is 24.5 Å². The maximum Gasteiger partial charge on any atom is 0.246 e. The van der Waals surface area contributed by atoms with E-state index in [2.05, 4.69) is 5.32 Å². The third kappa shape index (κ3) is 2.64. The molecule has 0 spiro atoms. The van der Waals surface area contributed by atoms with Crippen LogP contribution in [0.4, 0.5) is 4.39 Å². The Labute approximate surface area is 100.0 Å². The van der Waals surface area contributed by atoms with Crippen LogP contribution < -0.4 is 5.32 Å². The summed E-state index contributed by atoms with van der Waals surface area (Å²) < 4.78 is 18.4. The highest BCUT2D eigenvalue weighted by atomic mass is 19.1. The van der Waals surface area contributed by atoms with Crippen LogP contribution in [0.25, 0.3) is 0 Å². The summed E-state index contributed by atoms with van der Waals surface area (Å²) in [4.78, 5) is 11.3. The number of ether oxygens (including phenoxy) is 1. The molecule has 0 heterocycles. The zero-order valence-electron chi connectivity index (χ0n) is 9.83. The van der Waals surface area contributed by atoms with Crippen molar-refractivity contribution in [2.45, 2.75) is 18.3 Å². The SMILES string of the molecule is COCC(=O)NCC1(c2ccccc2F)CC1. The van der Waals surface area contributed by atoms with Gasteiger partial charge >= 0.3 is 0 Å². The largest absolute Gasteiger partial charge is 0.375 e. The van der Waals surface area contributed by atoms with E-state index >= 15 is 0 Å². The molecule has 0 aromatic heterocycles. The van der Waals surface area contributed by atoms with Crippen molar-refractivity contribution in [1.82, 2.24) is 5.32 Å². The first-order chi connectivity index (χ1) is 8.18. The molecule has 1 fully saturated rings. The van der Waals surface area contributed by atoms with Crippen LogP contribution in [0.5, 0.6) is 0 Å². The van der Waals surface area contributed by atoms with Crippen molar-refractivity contribution in [3.05, 3.63) is 35.6 Å². The van der Waals surface area contributed by atoms with Crippen LogP contribution in [0.15, 0.2) is 24.3 Å². The number of halogens is 1. The molecule has 0 bridgehead atoms. The third-order valence-corrected chi connectivity index (χ3v) is 3.20. The van der Waals surface area contributed by atoms with Gasteiger partial charge in [0.2, 0.25) is 5.91 Å². The monoisotopic (exact) mass is 237 g/mol. The van der Waals surface area contributed by atoms with Gasteiger partial charge in [0.25, 0.3) is 0 Å². The average Bonchev–Trinajstić information content (AvgIpc) is 3.09. The predicted molar refractivity (Wildman–Crippen MR) is 62.2 cm³/mol. The molecule has 0 atom stereocenters. The summed E-state index contributed by atoms with van der Waals surface area (Å²) >= 11 is 0. The summed E-state index contributed by atoms with van der Waals surface area (Å²) in [6.45, 7) is 0.531. The first-order valence-electron chi connectivity index (χ1n) is 5.69. The van der Waals surface area contributed by atoms with Gasteiger partial charge in [0.15, 0.2) is 0 Å². The Hall–Kier alpha value is -1.42. The smallest absolute Gasteiger partial charge is 0.246 e. The second kappa shape index (κ2) is 4.84. The second-order valence-electron chi connectivity index (χ2n) is 4.47. The Bertz CT molecular complexity index is 416. The molecule has 0 unspecified atom stereocenters. The van der Waals surface area contributed by atoms with Gasteiger partial charge in [0.1, 0.15) is 12.4 Å². The second-order valence-corrected chi connectivity index (χ2v) is 4.47. The Morgan fingerprint density at radius 2 is 2.18 bits per heavy atom. The Kier molecular flexibility index (Phi) is 3.43. The average molecular weight is 237 g/mol. The molecule has 0 radical (unpaired) electrons. The highest BCUT2D eigenvalue weighted by Crippen LogP contribution is 2.48. The van der Waals surface area contributed by atoms with E-state index in [-0.39, 0.29) is 23.7 Å².